The van der Waals surface area contributed by atoms with Gasteiger partial charge in [-0.1, -0.05) is 0 Å². The van der Waals surface area contributed by atoms with Gasteiger partial charge >= 0.3 is 12.4 Å². The summed E-state index contributed by atoms with van der Waals surface area (Å²) < 4.78 is 82.5. The second-order valence-electron chi connectivity index (χ2n) is 4.90. The lowest BCUT2D eigenvalue weighted by molar-refractivity contribution is -0.142. The lowest BCUT2D eigenvalue weighted by atomic mass is 10.0. The zero-order chi connectivity index (χ0) is 17.7. The van der Waals surface area contributed by atoms with Gasteiger partial charge in [0.05, 0.1) is 11.1 Å². The van der Waals surface area contributed by atoms with Crippen LogP contribution in [0, 0.1) is 0 Å². The summed E-state index contributed by atoms with van der Waals surface area (Å²) in [4.78, 5) is 3.76. The first-order chi connectivity index (χ1) is 11.1. The number of aromatic nitrogens is 1. The molecule has 24 heavy (non-hydrogen) atoms. The number of fused-ring (bicyclic) bond motifs is 1. The summed E-state index contributed by atoms with van der Waals surface area (Å²) in [5.74, 6) is -0.942. The number of halogens is 6. The third-order valence-electron chi connectivity index (χ3n) is 3.24. The van der Waals surface area contributed by atoms with E-state index in [2.05, 4.69) is 4.98 Å². The maximum atomic E-state index is 13.1. The van der Waals surface area contributed by atoms with Crippen LogP contribution in [0.2, 0.25) is 0 Å². The van der Waals surface area contributed by atoms with Crippen molar-refractivity contribution >= 4 is 11.1 Å². The Morgan fingerprint density at radius 2 is 1.58 bits per heavy atom. The molecule has 1 radical (unpaired) electrons. The maximum Gasteiger partial charge on any atom is 0.417 e. The van der Waals surface area contributed by atoms with Crippen molar-refractivity contribution in [2.45, 2.75) is 12.4 Å². The van der Waals surface area contributed by atoms with Crippen molar-refractivity contribution in [3.8, 4) is 17.2 Å². The van der Waals surface area contributed by atoms with E-state index in [1.807, 2.05) is 0 Å². The average molecular weight is 346 g/mol. The molecule has 0 fully saturated rings. The Bertz CT molecular complexity index is 910. The molecule has 1 heterocycles. The maximum absolute atomic E-state index is 13.1. The van der Waals surface area contributed by atoms with Crippen LogP contribution in [-0.4, -0.2) is 4.98 Å². The van der Waals surface area contributed by atoms with Crippen LogP contribution in [0.4, 0.5) is 26.3 Å². The quantitative estimate of drug-likeness (QED) is 0.533. The molecule has 0 amide bonds. The molecule has 2 aromatic carbocycles. The van der Waals surface area contributed by atoms with Crippen LogP contribution in [0.1, 0.15) is 11.1 Å². The van der Waals surface area contributed by atoms with Crippen molar-refractivity contribution in [1.29, 1.82) is 0 Å². The van der Waals surface area contributed by atoms with Crippen molar-refractivity contribution < 1.29 is 35.9 Å². The van der Waals surface area contributed by atoms with E-state index in [4.69, 9.17) is 4.42 Å². The minimum Gasteiger partial charge on any atom is -0.436 e. The summed E-state index contributed by atoms with van der Waals surface area (Å²) in [6.07, 6.45) is -9.96. The molecule has 0 atom stereocenters. The van der Waals surface area contributed by atoms with Gasteiger partial charge in [0, 0.05) is 11.6 Å². The van der Waals surface area contributed by atoms with Gasteiger partial charge in [0.15, 0.2) is 11.3 Å². The lowest BCUT2D eigenvalue weighted by Crippen LogP contribution is -2.12. The van der Waals surface area contributed by atoms with Crippen LogP contribution in [0.25, 0.3) is 22.6 Å². The molecule has 3 nitrogen and oxygen atoms in total. The van der Waals surface area contributed by atoms with Gasteiger partial charge in [-0.3, -0.25) is 5.11 Å². The Morgan fingerprint density at radius 1 is 0.875 bits per heavy atom. The molecule has 0 unspecified atom stereocenters. The predicted octanol–water partition coefficient (Wildman–Crippen LogP) is 5.68. The Morgan fingerprint density at radius 3 is 2.21 bits per heavy atom. The van der Waals surface area contributed by atoms with Crippen LogP contribution < -0.4 is 0 Å². The van der Waals surface area contributed by atoms with Crippen LogP contribution in [-0.2, 0) is 17.5 Å². The molecule has 3 rings (SSSR count). The van der Waals surface area contributed by atoms with Gasteiger partial charge < -0.3 is 4.42 Å². The number of rotatable bonds is 1. The number of hydrogen-bond donors (Lipinski definition) is 0. The van der Waals surface area contributed by atoms with Gasteiger partial charge in [0.1, 0.15) is 5.52 Å². The van der Waals surface area contributed by atoms with Crippen LogP contribution in [0.5, 0.6) is 5.75 Å². The number of alkyl halides is 6. The van der Waals surface area contributed by atoms with Crippen molar-refractivity contribution in [3.63, 3.8) is 0 Å². The SMILES string of the molecule is [O]c1ccc2oc(-c3ccc(C(F)(F)F)cc3C(F)(F)F)nc2c1. The third kappa shape index (κ3) is 2.89. The smallest absolute Gasteiger partial charge is 0.417 e. The van der Waals surface area contributed by atoms with E-state index in [9.17, 15) is 31.4 Å². The Balaban J connectivity index is 2.22. The summed E-state index contributed by atoms with van der Waals surface area (Å²) in [5, 5.41) is 11.2. The normalized spacial score (nSPS) is 12.8. The van der Waals surface area contributed by atoms with Crippen LogP contribution >= 0.6 is 0 Å². The Labute approximate surface area is 130 Å². The van der Waals surface area contributed by atoms with Gasteiger partial charge in [0.25, 0.3) is 0 Å². The van der Waals surface area contributed by atoms with Gasteiger partial charge in [-0.15, -0.1) is 0 Å². The van der Waals surface area contributed by atoms with E-state index in [-0.39, 0.29) is 17.2 Å². The number of oxazole rings is 1. The first-order valence-corrected chi connectivity index (χ1v) is 6.42. The molecular formula is C15H6F6NO2. The van der Waals surface area contributed by atoms with Gasteiger partial charge in [-0.05, 0) is 30.3 Å². The molecule has 1 aromatic heterocycles. The lowest BCUT2D eigenvalue weighted by Gasteiger charge is -2.14. The minimum atomic E-state index is -5.04. The van der Waals surface area contributed by atoms with E-state index in [0.29, 0.717) is 12.1 Å². The fraction of sp³-hybridized carbons (Fsp3) is 0.133. The molecule has 0 aliphatic carbocycles. The van der Waals surface area contributed by atoms with E-state index in [0.717, 1.165) is 12.1 Å². The summed E-state index contributed by atoms with van der Waals surface area (Å²) in [7, 11) is 0. The molecule has 9 heteroatoms. The molecule has 0 bridgehead atoms. The molecule has 3 aromatic rings. The van der Waals surface area contributed by atoms with Gasteiger partial charge in [-0.25, -0.2) is 4.98 Å². The number of hydrogen-bond acceptors (Lipinski definition) is 2. The minimum absolute atomic E-state index is 0.00320. The monoisotopic (exact) mass is 346 g/mol. The topological polar surface area (TPSA) is 45.9 Å². The Hall–Kier alpha value is -2.71. The first-order valence-electron chi connectivity index (χ1n) is 6.42. The van der Waals surface area contributed by atoms with Gasteiger partial charge in [0.2, 0.25) is 5.89 Å². The fourth-order valence-electron chi connectivity index (χ4n) is 2.16. The van der Waals surface area contributed by atoms with E-state index in [1.54, 1.807) is 0 Å². The second kappa shape index (κ2) is 5.15. The highest BCUT2D eigenvalue weighted by Crippen LogP contribution is 2.41. The number of benzene rings is 2. The first kappa shape index (κ1) is 16.2. The number of nitrogens with zero attached hydrogens (tertiary/aromatic N) is 1. The molecule has 125 valence electrons. The van der Waals surface area contributed by atoms with Gasteiger partial charge in [-0.2, -0.15) is 26.3 Å². The molecule has 0 spiro atoms. The summed E-state index contributed by atoms with van der Waals surface area (Å²) >= 11 is 0. The van der Waals surface area contributed by atoms with E-state index >= 15 is 0 Å². The summed E-state index contributed by atoms with van der Waals surface area (Å²) in [6.45, 7) is 0. The second-order valence-corrected chi connectivity index (χ2v) is 4.90. The largest absolute Gasteiger partial charge is 0.436 e. The van der Waals surface area contributed by atoms with Crippen molar-refractivity contribution in [2.24, 2.45) is 0 Å². The Kier molecular flexibility index (Phi) is 3.47. The van der Waals surface area contributed by atoms with Crippen molar-refractivity contribution in [1.82, 2.24) is 4.98 Å². The fourth-order valence-corrected chi connectivity index (χ4v) is 2.16. The zero-order valence-electron chi connectivity index (χ0n) is 11.5. The molecular weight excluding hydrogens is 340 g/mol. The highest BCUT2D eigenvalue weighted by Gasteiger charge is 2.39. The van der Waals surface area contributed by atoms with E-state index < -0.39 is 40.7 Å². The molecule has 0 aliphatic heterocycles. The summed E-state index contributed by atoms with van der Waals surface area (Å²) in [6, 6.07) is 4.58. The van der Waals surface area contributed by atoms with E-state index in [1.165, 1.54) is 6.07 Å². The van der Waals surface area contributed by atoms with Crippen molar-refractivity contribution in [2.75, 3.05) is 0 Å². The zero-order valence-corrected chi connectivity index (χ0v) is 11.5. The van der Waals surface area contributed by atoms with Crippen LogP contribution in [0.3, 0.4) is 0 Å². The summed E-state index contributed by atoms with van der Waals surface area (Å²) in [5.41, 5.74) is -3.52. The average Bonchev–Trinajstić information content (AvgIpc) is 2.87. The van der Waals surface area contributed by atoms with Crippen LogP contribution in [0.15, 0.2) is 40.8 Å². The molecule has 0 saturated heterocycles. The third-order valence-corrected chi connectivity index (χ3v) is 3.24. The molecule has 0 N–H and O–H groups in total. The standard InChI is InChI=1S/C15H6F6NO2/c16-14(17,18)7-1-3-9(10(5-7)15(19,20)21)13-22-11-6-8(23)2-4-12(11)24-13/h1-6H. The highest BCUT2D eigenvalue weighted by molar-refractivity contribution is 5.78. The molecule has 0 saturated carbocycles. The van der Waals surface area contributed by atoms with Crippen molar-refractivity contribution in [3.05, 3.63) is 47.5 Å². The predicted molar refractivity (Wildman–Crippen MR) is 69.6 cm³/mol. The highest BCUT2D eigenvalue weighted by atomic mass is 19.4. The molecule has 0 aliphatic rings.